The van der Waals surface area contributed by atoms with Gasteiger partial charge in [-0.15, -0.1) is 0 Å². The molecule has 4 heteroatoms. The van der Waals surface area contributed by atoms with E-state index in [9.17, 15) is 5.11 Å². The molecule has 0 aliphatic rings. The molecular formula is C46H49N3O. The molecule has 6 aromatic carbocycles. The van der Waals surface area contributed by atoms with Crippen LogP contribution >= 0.6 is 0 Å². The zero-order valence-electron chi connectivity index (χ0n) is 29.0. The van der Waals surface area contributed by atoms with E-state index in [4.69, 9.17) is 0 Å². The van der Waals surface area contributed by atoms with E-state index in [1.54, 1.807) is 0 Å². The van der Waals surface area contributed by atoms with Gasteiger partial charge in [0.15, 0.2) is 0 Å². The van der Waals surface area contributed by atoms with Crippen molar-refractivity contribution in [2.24, 2.45) is 0 Å². The van der Waals surface area contributed by atoms with Crippen molar-refractivity contribution >= 4 is 0 Å². The molecule has 0 unspecified atom stereocenters. The summed E-state index contributed by atoms with van der Waals surface area (Å²) in [7, 11) is 0. The minimum atomic E-state index is -1.07. The lowest BCUT2D eigenvalue weighted by Crippen LogP contribution is -2.56. The van der Waals surface area contributed by atoms with Gasteiger partial charge in [-0.25, -0.2) is 0 Å². The third-order valence-electron chi connectivity index (χ3n) is 9.05. The zero-order valence-corrected chi connectivity index (χ0v) is 29.0. The van der Waals surface area contributed by atoms with Gasteiger partial charge in [0.05, 0.1) is 0 Å². The van der Waals surface area contributed by atoms with Crippen molar-refractivity contribution in [3.63, 3.8) is 0 Å². The van der Waals surface area contributed by atoms with Crippen LogP contribution in [-0.4, -0.2) is 45.0 Å². The van der Waals surface area contributed by atoms with E-state index >= 15 is 0 Å². The first-order valence-corrected chi connectivity index (χ1v) is 17.7. The van der Waals surface area contributed by atoms with E-state index in [2.05, 4.69) is 197 Å². The molecule has 50 heavy (non-hydrogen) atoms. The predicted molar refractivity (Wildman–Crippen MR) is 206 cm³/mol. The molecule has 0 heterocycles. The Kier molecular flexibility index (Phi) is 12.8. The second-order valence-electron chi connectivity index (χ2n) is 13.6. The van der Waals surface area contributed by atoms with Crippen LogP contribution in [0, 0.1) is 0 Å². The minimum absolute atomic E-state index is 0.511. The number of rotatable bonds is 18. The number of hydrogen-bond acceptors (Lipinski definition) is 4. The molecule has 0 fully saturated rings. The molecule has 0 saturated heterocycles. The van der Waals surface area contributed by atoms with Crippen LogP contribution in [0.25, 0.3) is 0 Å². The quantitative estimate of drug-likeness (QED) is 0.0999. The summed E-state index contributed by atoms with van der Waals surface area (Å²) in [5.41, 5.74) is 6.35. The van der Waals surface area contributed by atoms with Crippen molar-refractivity contribution in [1.82, 2.24) is 14.7 Å². The molecule has 1 N–H and O–H groups in total. The van der Waals surface area contributed by atoms with Gasteiger partial charge in [-0.1, -0.05) is 182 Å². The molecule has 254 valence electrons. The molecule has 6 aromatic rings. The van der Waals surface area contributed by atoms with Gasteiger partial charge in [0.2, 0.25) is 0 Å². The van der Waals surface area contributed by atoms with Gasteiger partial charge in [0.25, 0.3) is 0 Å². The van der Waals surface area contributed by atoms with E-state index in [0.717, 1.165) is 39.3 Å². The van der Waals surface area contributed by atoms with Gasteiger partial charge in [0, 0.05) is 58.9 Å². The molecule has 0 atom stereocenters. The maximum atomic E-state index is 13.3. The highest BCUT2D eigenvalue weighted by atomic mass is 16.3. The van der Waals surface area contributed by atoms with E-state index in [0.29, 0.717) is 19.6 Å². The van der Waals surface area contributed by atoms with E-state index in [1.165, 1.54) is 33.4 Å². The smallest absolute Gasteiger partial charge is 0.103 e. The van der Waals surface area contributed by atoms with Crippen molar-refractivity contribution in [3.8, 4) is 0 Å². The van der Waals surface area contributed by atoms with Crippen molar-refractivity contribution < 1.29 is 5.11 Å². The molecule has 0 radical (unpaired) electrons. The van der Waals surface area contributed by atoms with Crippen LogP contribution in [-0.2, 0) is 39.3 Å². The lowest BCUT2D eigenvalue weighted by Gasteiger charge is -2.41. The van der Waals surface area contributed by atoms with Crippen molar-refractivity contribution in [2.45, 2.75) is 44.9 Å². The number of hydrogen-bond donors (Lipinski definition) is 1. The minimum Gasteiger partial charge on any atom is -0.386 e. The lowest BCUT2D eigenvalue weighted by molar-refractivity contribution is -0.0570. The van der Waals surface area contributed by atoms with E-state index in [1.807, 2.05) is 0 Å². The largest absolute Gasteiger partial charge is 0.386 e. The molecular weight excluding hydrogens is 611 g/mol. The van der Waals surface area contributed by atoms with Crippen LogP contribution in [0.15, 0.2) is 182 Å². The Morgan fingerprint density at radius 2 is 0.440 bits per heavy atom. The molecule has 0 bridgehead atoms. The first-order chi connectivity index (χ1) is 24.6. The third kappa shape index (κ3) is 11.4. The van der Waals surface area contributed by atoms with Crippen molar-refractivity contribution in [2.75, 3.05) is 19.6 Å². The standard InChI is InChI=1S/C46H49N3O/c50-46(37-47(31-40-19-7-1-8-20-40)32-41-21-9-2-10-22-41,38-48(33-42-23-11-3-12-24-42)34-43-25-13-4-14-26-43)39-49(35-44-27-15-5-16-28-44)36-45-29-17-6-18-30-45/h1-30,50H,31-39H2. The van der Waals surface area contributed by atoms with Crippen molar-refractivity contribution in [3.05, 3.63) is 215 Å². The molecule has 0 amide bonds. The number of benzene rings is 6. The monoisotopic (exact) mass is 659 g/mol. The van der Waals surface area contributed by atoms with Crippen LogP contribution in [0.2, 0.25) is 0 Å². The molecule has 0 saturated carbocycles. The SMILES string of the molecule is OC(CN(Cc1ccccc1)Cc1ccccc1)(CN(Cc1ccccc1)Cc1ccccc1)CN(Cc1ccccc1)Cc1ccccc1. The average Bonchev–Trinajstić information content (AvgIpc) is 3.14. The summed E-state index contributed by atoms with van der Waals surface area (Å²) in [6.07, 6.45) is 0. The summed E-state index contributed by atoms with van der Waals surface area (Å²) in [6.45, 7) is 5.99. The number of nitrogens with zero attached hydrogens (tertiary/aromatic N) is 3. The summed E-state index contributed by atoms with van der Waals surface area (Å²) in [5.74, 6) is 0. The second kappa shape index (κ2) is 18.2. The Balaban J connectivity index is 1.36. The summed E-state index contributed by atoms with van der Waals surface area (Å²) < 4.78 is 0. The highest BCUT2D eigenvalue weighted by Crippen LogP contribution is 2.23. The molecule has 0 aliphatic carbocycles. The first-order valence-electron chi connectivity index (χ1n) is 17.7. The summed E-state index contributed by atoms with van der Waals surface area (Å²) in [5, 5.41) is 13.3. The zero-order chi connectivity index (χ0) is 34.3. The first kappa shape index (κ1) is 35.0. The number of aliphatic hydroxyl groups is 1. The highest BCUT2D eigenvalue weighted by molar-refractivity contribution is 5.21. The van der Waals surface area contributed by atoms with Gasteiger partial charge in [-0.3, -0.25) is 14.7 Å². The van der Waals surface area contributed by atoms with Crippen molar-refractivity contribution in [1.29, 1.82) is 0 Å². The maximum absolute atomic E-state index is 13.3. The Hall–Kier alpha value is -4.84. The Morgan fingerprint density at radius 1 is 0.280 bits per heavy atom. The van der Waals surface area contributed by atoms with Crippen LogP contribution in [0.5, 0.6) is 0 Å². The normalized spacial score (nSPS) is 11.8. The molecule has 0 aliphatic heterocycles. The summed E-state index contributed by atoms with van der Waals surface area (Å²) >= 11 is 0. The van der Waals surface area contributed by atoms with Gasteiger partial charge < -0.3 is 5.11 Å². The van der Waals surface area contributed by atoms with Crippen LogP contribution in [0.4, 0.5) is 0 Å². The van der Waals surface area contributed by atoms with E-state index in [-0.39, 0.29) is 0 Å². The molecule has 0 aromatic heterocycles. The molecule has 6 rings (SSSR count). The lowest BCUT2D eigenvalue weighted by atomic mass is 9.98. The topological polar surface area (TPSA) is 30.0 Å². The Morgan fingerprint density at radius 3 is 0.600 bits per heavy atom. The maximum Gasteiger partial charge on any atom is 0.103 e. The predicted octanol–water partition coefficient (Wildman–Crippen LogP) is 8.82. The summed E-state index contributed by atoms with van der Waals surface area (Å²) in [6, 6.07) is 63.9. The molecule has 0 spiro atoms. The van der Waals surface area contributed by atoms with Crippen LogP contribution in [0.3, 0.4) is 0 Å². The van der Waals surface area contributed by atoms with Crippen LogP contribution in [0.1, 0.15) is 33.4 Å². The summed E-state index contributed by atoms with van der Waals surface area (Å²) in [4.78, 5) is 7.28. The Labute approximate surface area is 298 Å². The van der Waals surface area contributed by atoms with Gasteiger partial charge in [0.1, 0.15) is 5.60 Å². The second-order valence-corrected chi connectivity index (χ2v) is 13.6. The van der Waals surface area contributed by atoms with E-state index < -0.39 is 5.60 Å². The third-order valence-corrected chi connectivity index (χ3v) is 9.05. The highest BCUT2D eigenvalue weighted by Gasteiger charge is 2.35. The average molecular weight is 660 g/mol. The Bertz CT molecular complexity index is 1450. The van der Waals surface area contributed by atoms with Gasteiger partial charge in [-0.2, -0.15) is 0 Å². The fraction of sp³-hybridized carbons (Fsp3) is 0.217. The molecule has 4 nitrogen and oxygen atoms in total. The fourth-order valence-electron chi connectivity index (χ4n) is 6.95. The van der Waals surface area contributed by atoms with Gasteiger partial charge in [-0.05, 0) is 33.4 Å². The van der Waals surface area contributed by atoms with Crippen LogP contribution < -0.4 is 0 Å². The van der Waals surface area contributed by atoms with Gasteiger partial charge >= 0.3 is 0 Å². The fourth-order valence-corrected chi connectivity index (χ4v) is 6.95.